The Labute approximate surface area is 135 Å². The monoisotopic (exact) mass is 447 g/mol. The fourth-order valence-corrected chi connectivity index (χ4v) is 2.52. The van der Waals surface area contributed by atoms with Gasteiger partial charge < -0.3 is 10.4 Å². The molecular formula is C13H8Br3NO2. The molecule has 2 aromatic rings. The molecule has 0 spiro atoms. The molecule has 0 aliphatic heterocycles. The van der Waals surface area contributed by atoms with Crippen LogP contribution in [0.2, 0.25) is 0 Å². The Hall–Kier alpha value is -0.850. The highest BCUT2D eigenvalue weighted by Gasteiger charge is 2.16. The summed E-state index contributed by atoms with van der Waals surface area (Å²) in [6.07, 6.45) is 0. The molecule has 0 radical (unpaired) electrons. The maximum Gasteiger partial charge on any atom is 0.259 e. The molecule has 0 aliphatic carbocycles. The number of carbonyl (C=O) groups excluding carboxylic acids is 1. The first kappa shape index (κ1) is 14.6. The molecule has 0 saturated carbocycles. The number of hydrogen-bond acceptors (Lipinski definition) is 2. The summed E-state index contributed by atoms with van der Waals surface area (Å²) in [4.78, 5) is 12.1. The van der Waals surface area contributed by atoms with Crippen molar-refractivity contribution >= 4 is 59.4 Å². The van der Waals surface area contributed by atoms with Crippen molar-refractivity contribution in [3.05, 3.63) is 55.4 Å². The summed E-state index contributed by atoms with van der Waals surface area (Å²) in [6, 6.07) is 10.5. The zero-order valence-electron chi connectivity index (χ0n) is 9.45. The Morgan fingerprint density at radius 1 is 1.00 bits per heavy atom. The molecule has 1 amide bonds. The molecular weight excluding hydrogens is 442 g/mol. The van der Waals surface area contributed by atoms with Crippen LogP contribution in [0.1, 0.15) is 10.4 Å². The van der Waals surface area contributed by atoms with E-state index in [1.54, 1.807) is 18.2 Å². The third kappa shape index (κ3) is 3.19. The van der Waals surface area contributed by atoms with Crippen LogP contribution in [0.5, 0.6) is 5.75 Å². The summed E-state index contributed by atoms with van der Waals surface area (Å²) in [6.45, 7) is 0. The third-order valence-corrected chi connectivity index (χ3v) is 5.12. The lowest BCUT2D eigenvalue weighted by Gasteiger charge is -2.10. The molecule has 0 aromatic heterocycles. The van der Waals surface area contributed by atoms with Crippen molar-refractivity contribution in [2.75, 3.05) is 5.32 Å². The van der Waals surface area contributed by atoms with Gasteiger partial charge in [0, 0.05) is 8.95 Å². The highest BCUT2D eigenvalue weighted by atomic mass is 79.9. The molecule has 0 unspecified atom stereocenters. The molecule has 19 heavy (non-hydrogen) atoms. The van der Waals surface area contributed by atoms with Crippen LogP contribution in [0, 0.1) is 0 Å². The Morgan fingerprint density at radius 3 is 2.37 bits per heavy atom. The van der Waals surface area contributed by atoms with Gasteiger partial charge in [0.1, 0.15) is 5.75 Å². The van der Waals surface area contributed by atoms with Crippen molar-refractivity contribution in [1.29, 1.82) is 0 Å². The van der Waals surface area contributed by atoms with Crippen LogP contribution in [-0.4, -0.2) is 11.0 Å². The van der Waals surface area contributed by atoms with E-state index in [0.29, 0.717) is 14.6 Å². The van der Waals surface area contributed by atoms with Gasteiger partial charge >= 0.3 is 0 Å². The van der Waals surface area contributed by atoms with E-state index in [1.165, 1.54) is 0 Å². The molecule has 0 atom stereocenters. The lowest BCUT2D eigenvalue weighted by atomic mass is 10.2. The number of nitrogens with one attached hydrogen (secondary N) is 1. The maximum atomic E-state index is 12.1. The highest BCUT2D eigenvalue weighted by molar-refractivity contribution is 9.13. The number of hydrogen-bond donors (Lipinski definition) is 2. The van der Waals surface area contributed by atoms with Gasteiger partial charge in [-0.25, -0.2) is 0 Å². The molecule has 0 saturated heterocycles. The summed E-state index contributed by atoms with van der Waals surface area (Å²) < 4.78 is 1.91. The molecule has 0 aliphatic rings. The maximum absolute atomic E-state index is 12.1. The second-order valence-corrected chi connectivity index (χ2v) is 6.19. The number of para-hydroxylation sites is 1. The van der Waals surface area contributed by atoms with Crippen molar-refractivity contribution in [2.24, 2.45) is 0 Å². The molecule has 2 N–H and O–H groups in total. The molecule has 2 aromatic carbocycles. The standard InChI is InChI=1S/C13H8Br3NO2/c14-8-3-1-2-4-10(8)17-13(19)7-5-6-9(15)11(16)12(7)18/h1-6,18H,(H,17,19). The zero-order valence-corrected chi connectivity index (χ0v) is 14.2. The van der Waals surface area contributed by atoms with Gasteiger partial charge in [0.05, 0.1) is 15.7 Å². The molecule has 3 nitrogen and oxygen atoms in total. The van der Waals surface area contributed by atoms with Gasteiger partial charge in [-0.3, -0.25) is 4.79 Å². The highest BCUT2D eigenvalue weighted by Crippen LogP contribution is 2.35. The van der Waals surface area contributed by atoms with Crippen LogP contribution in [0.15, 0.2) is 49.8 Å². The SMILES string of the molecule is O=C(Nc1ccccc1Br)c1ccc(Br)c(Br)c1O. The van der Waals surface area contributed by atoms with Gasteiger partial charge in [0.2, 0.25) is 0 Å². The Kier molecular flexibility index (Phi) is 4.65. The summed E-state index contributed by atoms with van der Waals surface area (Å²) in [5.74, 6) is -0.475. The summed E-state index contributed by atoms with van der Waals surface area (Å²) in [5.41, 5.74) is 0.844. The van der Waals surface area contributed by atoms with Gasteiger partial charge in [-0.2, -0.15) is 0 Å². The van der Waals surface area contributed by atoms with Crippen molar-refractivity contribution in [3.8, 4) is 5.75 Å². The fourth-order valence-electron chi connectivity index (χ4n) is 1.48. The predicted molar refractivity (Wildman–Crippen MR) is 85.6 cm³/mol. The second-order valence-electron chi connectivity index (χ2n) is 3.69. The van der Waals surface area contributed by atoms with Gasteiger partial charge in [-0.15, -0.1) is 0 Å². The first-order valence-corrected chi connectivity index (χ1v) is 7.61. The van der Waals surface area contributed by atoms with E-state index in [-0.39, 0.29) is 17.2 Å². The van der Waals surface area contributed by atoms with Gasteiger partial charge in [0.15, 0.2) is 0 Å². The molecule has 98 valence electrons. The lowest BCUT2D eigenvalue weighted by Crippen LogP contribution is -2.12. The van der Waals surface area contributed by atoms with Crippen LogP contribution >= 0.6 is 47.8 Å². The third-order valence-electron chi connectivity index (χ3n) is 2.44. The molecule has 0 bridgehead atoms. The van der Waals surface area contributed by atoms with Crippen molar-refractivity contribution < 1.29 is 9.90 Å². The fraction of sp³-hybridized carbons (Fsp3) is 0. The van der Waals surface area contributed by atoms with Crippen molar-refractivity contribution in [1.82, 2.24) is 0 Å². The van der Waals surface area contributed by atoms with E-state index >= 15 is 0 Å². The average molecular weight is 450 g/mol. The minimum atomic E-state index is -0.377. The second kappa shape index (κ2) is 6.07. The predicted octanol–water partition coefficient (Wildman–Crippen LogP) is 4.93. The largest absolute Gasteiger partial charge is 0.506 e. The van der Waals surface area contributed by atoms with Gasteiger partial charge in [-0.05, 0) is 72.1 Å². The van der Waals surface area contributed by atoms with Gasteiger partial charge in [-0.1, -0.05) is 12.1 Å². The van der Waals surface area contributed by atoms with Crippen LogP contribution < -0.4 is 5.32 Å². The Bertz CT molecular complexity index is 644. The van der Waals surface area contributed by atoms with Crippen LogP contribution in [0.4, 0.5) is 5.69 Å². The van der Waals surface area contributed by atoms with Crippen molar-refractivity contribution in [3.63, 3.8) is 0 Å². The topological polar surface area (TPSA) is 49.3 Å². The van der Waals surface area contributed by atoms with E-state index < -0.39 is 0 Å². The van der Waals surface area contributed by atoms with Gasteiger partial charge in [0.25, 0.3) is 5.91 Å². The van der Waals surface area contributed by atoms with E-state index in [2.05, 4.69) is 53.1 Å². The van der Waals surface area contributed by atoms with Crippen molar-refractivity contribution in [2.45, 2.75) is 0 Å². The van der Waals surface area contributed by atoms with Crippen LogP contribution in [-0.2, 0) is 0 Å². The molecule has 6 heteroatoms. The number of rotatable bonds is 2. The number of halogens is 3. The number of aromatic hydroxyl groups is 1. The molecule has 0 heterocycles. The first-order chi connectivity index (χ1) is 9.00. The number of amides is 1. The Morgan fingerprint density at radius 2 is 1.68 bits per heavy atom. The lowest BCUT2D eigenvalue weighted by molar-refractivity contribution is 0.102. The number of carbonyl (C=O) groups is 1. The summed E-state index contributed by atoms with van der Waals surface area (Å²) in [7, 11) is 0. The number of phenols is 1. The van der Waals surface area contributed by atoms with E-state index in [9.17, 15) is 9.90 Å². The first-order valence-electron chi connectivity index (χ1n) is 5.23. The van der Waals surface area contributed by atoms with E-state index in [4.69, 9.17) is 0 Å². The number of benzene rings is 2. The van der Waals surface area contributed by atoms with Crippen LogP contribution in [0.3, 0.4) is 0 Å². The molecule has 0 fully saturated rings. The molecule has 2 rings (SSSR count). The minimum absolute atomic E-state index is 0.0982. The van der Waals surface area contributed by atoms with E-state index in [0.717, 1.165) is 4.47 Å². The summed E-state index contributed by atoms with van der Waals surface area (Å²) >= 11 is 9.82. The van der Waals surface area contributed by atoms with Crippen LogP contribution in [0.25, 0.3) is 0 Å². The number of phenolic OH excluding ortho intramolecular Hbond substituents is 1. The van der Waals surface area contributed by atoms with E-state index in [1.807, 2.05) is 18.2 Å². The Balaban J connectivity index is 2.31. The quantitative estimate of drug-likeness (QED) is 0.682. The smallest absolute Gasteiger partial charge is 0.259 e. The normalized spacial score (nSPS) is 10.3. The minimum Gasteiger partial charge on any atom is -0.506 e. The average Bonchev–Trinajstić information content (AvgIpc) is 2.39. The number of anilines is 1. The zero-order chi connectivity index (χ0) is 14.0. The summed E-state index contributed by atoms with van der Waals surface area (Å²) in [5, 5.41) is 12.7.